The van der Waals surface area contributed by atoms with E-state index in [4.69, 9.17) is 15.3 Å². The number of aliphatic hydroxyl groups excluding tert-OH is 3. The monoisotopic (exact) mass is 203 g/mol. The molecule has 5 nitrogen and oxygen atoms in total. The molecular formula is C9H17NO4. The molecule has 4 N–H and O–H groups in total. The Morgan fingerprint density at radius 3 is 2.00 bits per heavy atom. The van der Waals surface area contributed by atoms with Gasteiger partial charge >= 0.3 is 0 Å². The molecule has 0 saturated heterocycles. The lowest BCUT2D eigenvalue weighted by molar-refractivity contribution is -0.131. The molecular weight excluding hydrogens is 186 g/mol. The zero-order valence-electron chi connectivity index (χ0n) is 8.07. The van der Waals surface area contributed by atoms with Crippen molar-refractivity contribution in [3.8, 4) is 0 Å². The SMILES string of the molecule is O=C(NC(CO)(CO)CO)C1CCC1. The van der Waals surface area contributed by atoms with E-state index >= 15 is 0 Å². The Kier molecular flexibility index (Phi) is 3.86. The Morgan fingerprint density at radius 1 is 1.21 bits per heavy atom. The molecule has 1 amide bonds. The molecule has 0 aromatic heterocycles. The molecule has 0 bridgehead atoms. The molecule has 0 atom stereocenters. The summed E-state index contributed by atoms with van der Waals surface area (Å²) < 4.78 is 0. The minimum atomic E-state index is -1.27. The van der Waals surface area contributed by atoms with E-state index in [0.29, 0.717) is 0 Å². The predicted octanol–water partition coefficient (Wildman–Crippen LogP) is -1.38. The van der Waals surface area contributed by atoms with Crippen LogP contribution in [-0.4, -0.2) is 46.6 Å². The zero-order chi connectivity index (χ0) is 10.6. The lowest BCUT2D eigenvalue weighted by Crippen LogP contribution is -2.58. The van der Waals surface area contributed by atoms with E-state index in [0.717, 1.165) is 19.3 Å². The quantitative estimate of drug-likeness (QED) is 0.443. The van der Waals surface area contributed by atoms with Gasteiger partial charge in [-0.1, -0.05) is 6.42 Å². The van der Waals surface area contributed by atoms with Crippen LogP contribution in [0.15, 0.2) is 0 Å². The number of nitrogens with one attached hydrogen (secondary N) is 1. The van der Waals surface area contributed by atoms with Gasteiger partial charge in [0.25, 0.3) is 0 Å². The van der Waals surface area contributed by atoms with Crippen LogP contribution in [0.3, 0.4) is 0 Å². The van der Waals surface area contributed by atoms with E-state index in [-0.39, 0.29) is 11.8 Å². The normalized spacial score (nSPS) is 17.6. The minimum Gasteiger partial charge on any atom is -0.394 e. The van der Waals surface area contributed by atoms with Crippen LogP contribution in [0.2, 0.25) is 0 Å². The Balaban J connectivity index is 2.49. The first kappa shape index (κ1) is 11.4. The average molecular weight is 203 g/mol. The molecule has 1 fully saturated rings. The van der Waals surface area contributed by atoms with Gasteiger partial charge in [-0.15, -0.1) is 0 Å². The number of aliphatic hydroxyl groups is 3. The summed E-state index contributed by atoms with van der Waals surface area (Å²) in [5, 5.41) is 29.4. The van der Waals surface area contributed by atoms with E-state index in [1.54, 1.807) is 0 Å². The van der Waals surface area contributed by atoms with Crippen LogP contribution in [0.5, 0.6) is 0 Å². The molecule has 0 aliphatic heterocycles. The molecule has 1 saturated carbocycles. The first-order valence-corrected chi connectivity index (χ1v) is 4.82. The maximum absolute atomic E-state index is 11.5. The van der Waals surface area contributed by atoms with E-state index in [1.165, 1.54) is 0 Å². The van der Waals surface area contributed by atoms with Crippen molar-refractivity contribution < 1.29 is 20.1 Å². The molecule has 0 spiro atoms. The van der Waals surface area contributed by atoms with Gasteiger partial charge in [0, 0.05) is 5.92 Å². The fourth-order valence-electron chi connectivity index (χ4n) is 1.30. The van der Waals surface area contributed by atoms with Crippen molar-refractivity contribution in [2.45, 2.75) is 24.8 Å². The maximum atomic E-state index is 11.5. The third-order valence-corrected chi connectivity index (χ3v) is 2.77. The molecule has 0 aromatic rings. The van der Waals surface area contributed by atoms with E-state index in [2.05, 4.69) is 5.32 Å². The highest BCUT2D eigenvalue weighted by atomic mass is 16.3. The first-order valence-electron chi connectivity index (χ1n) is 4.82. The molecule has 1 aliphatic rings. The molecule has 0 heterocycles. The number of carbonyl (C=O) groups excluding carboxylic acids is 1. The highest BCUT2D eigenvalue weighted by Gasteiger charge is 2.34. The largest absolute Gasteiger partial charge is 0.394 e. The van der Waals surface area contributed by atoms with Crippen molar-refractivity contribution in [3.05, 3.63) is 0 Å². The Labute approximate surface area is 82.7 Å². The Hall–Kier alpha value is -0.650. The summed E-state index contributed by atoms with van der Waals surface area (Å²) in [5.74, 6) is -0.201. The molecule has 0 aromatic carbocycles. The van der Waals surface area contributed by atoms with Crippen LogP contribution in [0.25, 0.3) is 0 Å². The van der Waals surface area contributed by atoms with Crippen molar-refractivity contribution in [3.63, 3.8) is 0 Å². The summed E-state index contributed by atoms with van der Waals surface area (Å²) in [6.07, 6.45) is 2.75. The fraction of sp³-hybridized carbons (Fsp3) is 0.889. The van der Waals surface area contributed by atoms with Gasteiger partial charge < -0.3 is 20.6 Å². The zero-order valence-corrected chi connectivity index (χ0v) is 8.07. The Morgan fingerprint density at radius 2 is 1.71 bits per heavy atom. The fourth-order valence-corrected chi connectivity index (χ4v) is 1.30. The summed E-state index contributed by atoms with van der Waals surface area (Å²) in [6, 6.07) is 0. The summed E-state index contributed by atoms with van der Waals surface area (Å²) in [6.45, 7) is -1.38. The van der Waals surface area contributed by atoms with Gasteiger partial charge in [-0.05, 0) is 12.8 Å². The smallest absolute Gasteiger partial charge is 0.223 e. The second-order valence-electron chi connectivity index (χ2n) is 3.87. The molecule has 5 heteroatoms. The predicted molar refractivity (Wildman–Crippen MR) is 49.5 cm³/mol. The van der Waals surface area contributed by atoms with Crippen LogP contribution >= 0.6 is 0 Å². The molecule has 1 aliphatic carbocycles. The van der Waals surface area contributed by atoms with Gasteiger partial charge in [0.2, 0.25) is 5.91 Å². The third kappa shape index (κ3) is 2.23. The lowest BCUT2D eigenvalue weighted by Gasteiger charge is -2.33. The lowest BCUT2D eigenvalue weighted by atomic mass is 9.84. The summed E-state index contributed by atoms with van der Waals surface area (Å²) >= 11 is 0. The van der Waals surface area contributed by atoms with Crippen LogP contribution in [0.4, 0.5) is 0 Å². The van der Waals surface area contributed by atoms with Crippen LogP contribution in [-0.2, 0) is 4.79 Å². The maximum Gasteiger partial charge on any atom is 0.223 e. The third-order valence-electron chi connectivity index (χ3n) is 2.77. The van der Waals surface area contributed by atoms with Crippen molar-refractivity contribution in [1.29, 1.82) is 0 Å². The van der Waals surface area contributed by atoms with E-state index < -0.39 is 25.4 Å². The number of rotatable bonds is 5. The topological polar surface area (TPSA) is 89.8 Å². The van der Waals surface area contributed by atoms with Crippen molar-refractivity contribution in [2.24, 2.45) is 5.92 Å². The molecule has 82 valence electrons. The summed E-state index contributed by atoms with van der Waals surface area (Å²) in [4.78, 5) is 11.5. The van der Waals surface area contributed by atoms with Crippen molar-refractivity contribution >= 4 is 5.91 Å². The molecule has 0 unspecified atom stereocenters. The molecule has 1 rings (SSSR count). The van der Waals surface area contributed by atoms with Gasteiger partial charge in [0.15, 0.2) is 0 Å². The minimum absolute atomic E-state index is 0.0148. The number of amides is 1. The second kappa shape index (κ2) is 4.72. The summed E-state index contributed by atoms with van der Waals surface area (Å²) in [5.41, 5.74) is -1.27. The molecule has 14 heavy (non-hydrogen) atoms. The van der Waals surface area contributed by atoms with Gasteiger partial charge in [-0.2, -0.15) is 0 Å². The van der Waals surface area contributed by atoms with Gasteiger partial charge in [-0.25, -0.2) is 0 Å². The van der Waals surface area contributed by atoms with Crippen molar-refractivity contribution in [1.82, 2.24) is 5.32 Å². The van der Waals surface area contributed by atoms with E-state index in [9.17, 15) is 4.79 Å². The second-order valence-corrected chi connectivity index (χ2v) is 3.87. The van der Waals surface area contributed by atoms with Gasteiger partial charge in [-0.3, -0.25) is 4.79 Å². The highest BCUT2D eigenvalue weighted by molar-refractivity contribution is 5.80. The number of hydrogen-bond acceptors (Lipinski definition) is 4. The highest BCUT2D eigenvalue weighted by Crippen LogP contribution is 2.26. The number of hydrogen-bond donors (Lipinski definition) is 4. The standard InChI is InChI=1S/C9H17NO4/c11-4-9(5-12,6-13)10-8(14)7-2-1-3-7/h7,11-13H,1-6H2,(H,10,14). The van der Waals surface area contributed by atoms with Gasteiger partial charge in [0.1, 0.15) is 5.54 Å². The van der Waals surface area contributed by atoms with Crippen molar-refractivity contribution in [2.75, 3.05) is 19.8 Å². The first-order chi connectivity index (χ1) is 6.67. The number of carbonyl (C=O) groups is 1. The van der Waals surface area contributed by atoms with Crippen LogP contribution in [0.1, 0.15) is 19.3 Å². The van der Waals surface area contributed by atoms with E-state index in [1.807, 2.05) is 0 Å². The van der Waals surface area contributed by atoms with Crippen LogP contribution in [0, 0.1) is 5.92 Å². The molecule has 0 radical (unpaired) electrons. The Bertz CT molecular complexity index is 191. The average Bonchev–Trinajstić information content (AvgIpc) is 2.11. The van der Waals surface area contributed by atoms with Crippen LogP contribution < -0.4 is 5.32 Å². The summed E-state index contributed by atoms with van der Waals surface area (Å²) in [7, 11) is 0. The van der Waals surface area contributed by atoms with Gasteiger partial charge in [0.05, 0.1) is 19.8 Å².